The van der Waals surface area contributed by atoms with Crippen molar-refractivity contribution < 1.29 is 14.3 Å². The Labute approximate surface area is 199 Å². The number of carbonyl (C=O) groups is 2. The van der Waals surface area contributed by atoms with Gasteiger partial charge >= 0.3 is 11.8 Å². The van der Waals surface area contributed by atoms with Crippen molar-refractivity contribution in [3.8, 4) is 5.75 Å². The van der Waals surface area contributed by atoms with Gasteiger partial charge < -0.3 is 20.3 Å². The second kappa shape index (κ2) is 11.3. The van der Waals surface area contributed by atoms with Crippen LogP contribution >= 0.6 is 0 Å². The molecule has 0 spiro atoms. The van der Waals surface area contributed by atoms with Gasteiger partial charge in [-0.3, -0.25) is 19.5 Å². The van der Waals surface area contributed by atoms with Gasteiger partial charge in [-0.2, -0.15) is 0 Å². The van der Waals surface area contributed by atoms with Crippen LogP contribution in [-0.2, 0) is 9.59 Å². The summed E-state index contributed by atoms with van der Waals surface area (Å²) in [4.78, 5) is 33.9. The van der Waals surface area contributed by atoms with Gasteiger partial charge in [0.15, 0.2) is 0 Å². The predicted molar refractivity (Wildman–Crippen MR) is 132 cm³/mol. The van der Waals surface area contributed by atoms with E-state index in [9.17, 15) is 9.59 Å². The smallest absolute Gasteiger partial charge is 0.313 e. The van der Waals surface area contributed by atoms with E-state index >= 15 is 0 Å². The third-order valence-electron chi connectivity index (χ3n) is 5.96. The van der Waals surface area contributed by atoms with E-state index in [1.807, 2.05) is 36.5 Å². The maximum absolute atomic E-state index is 12.5. The molecule has 1 atom stereocenters. The molecule has 1 aliphatic rings. The summed E-state index contributed by atoms with van der Waals surface area (Å²) in [5.74, 6) is -0.703. The lowest BCUT2D eigenvalue weighted by atomic mass is 10.1. The van der Waals surface area contributed by atoms with E-state index in [1.54, 1.807) is 37.6 Å². The van der Waals surface area contributed by atoms with Crippen LogP contribution in [0.3, 0.4) is 0 Å². The molecule has 8 nitrogen and oxygen atoms in total. The predicted octanol–water partition coefficient (Wildman–Crippen LogP) is 2.71. The van der Waals surface area contributed by atoms with Gasteiger partial charge in [0.2, 0.25) is 0 Å². The fraction of sp³-hybridized carbons (Fsp3) is 0.269. The molecule has 0 bridgehead atoms. The summed E-state index contributed by atoms with van der Waals surface area (Å²) in [6.45, 7) is 3.75. The van der Waals surface area contributed by atoms with Crippen LogP contribution in [0.4, 0.5) is 11.4 Å². The van der Waals surface area contributed by atoms with E-state index < -0.39 is 11.8 Å². The Bertz CT molecular complexity index is 1070. The Hall–Kier alpha value is -3.91. The maximum Gasteiger partial charge on any atom is 0.313 e. The van der Waals surface area contributed by atoms with E-state index in [0.29, 0.717) is 18.0 Å². The van der Waals surface area contributed by atoms with Crippen LogP contribution in [0.15, 0.2) is 79.1 Å². The topological polar surface area (TPSA) is 86.8 Å². The van der Waals surface area contributed by atoms with Crippen molar-refractivity contribution >= 4 is 23.2 Å². The van der Waals surface area contributed by atoms with Crippen molar-refractivity contribution in [1.82, 2.24) is 15.2 Å². The van der Waals surface area contributed by atoms with E-state index in [0.717, 1.165) is 31.7 Å². The number of hydrogen-bond donors (Lipinski definition) is 2. The van der Waals surface area contributed by atoms with Gasteiger partial charge in [-0.1, -0.05) is 24.3 Å². The quantitative estimate of drug-likeness (QED) is 0.529. The molecule has 8 heteroatoms. The Morgan fingerprint density at radius 1 is 0.941 bits per heavy atom. The van der Waals surface area contributed by atoms with Gasteiger partial charge in [0.25, 0.3) is 0 Å². The summed E-state index contributed by atoms with van der Waals surface area (Å²) < 4.78 is 5.11. The number of para-hydroxylation sites is 1. The number of benzene rings is 2. The minimum Gasteiger partial charge on any atom is -0.497 e. The summed E-state index contributed by atoms with van der Waals surface area (Å²) in [7, 11) is 1.57. The summed E-state index contributed by atoms with van der Waals surface area (Å²) in [6, 6.07) is 21.0. The minimum atomic E-state index is -0.705. The lowest BCUT2D eigenvalue weighted by molar-refractivity contribution is -0.136. The Morgan fingerprint density at radius 3 is 2.32 bits per heavy atom. The third-order valence-corrected chi connectivity index (χ3v) is 5.96. The number of nitrogens with zero attached hydrogens (tertiary/aromatic N) is 3. The summed E-state index contributed by atoms with van der Waals surface area (Å²) in [5, 5.41) is 5.43. The molecule has 1 saturated heterocycles. The Balaban J connectivity index is 1.37. The molecule has 3 aromatic rings. The Kier molecular flexibility index (Phi) is 7.72. The first-order chi connectivity index (χ1) is 16.6. The fourth-order valence-corrected chi connectivity index (χ4v) is 4.09. The molecule has 0 radical (unpaired) electrons. The zero-order valence-electron chi connectivity index (χ0n) is 19.2. The van der Waals surface area contributed by atoms with Crippen molar-refractivity contribution in [2.75, 3.05) is 50.1 Å². The number of methoxy groups -OCH3 is 1. The molecule has 2 heterocycles. The zero-order valence-corrected chi connectivity index (χ0v) is 19.2. The number of carbonyl (C=O) groups excluding carboxylic acids is 2. The summed E-state index contributed by atoms with van der Waals surface area (Å²) >= 11 is 0. The van der Waals surface area contributed by atoms with Crippen LogP contribution in [0.5, 0.6) is 5.75 Å². The van der Waals surface area contributed by atoms with Gasteiger partial charge in [0.1, 0.15) is 5.75 Å². The van der Waals surface area contributed by atoms with Crippen molar-refractivity contribution in [3.63, 3.8) is 0 Å². The van der Waals surface area contributed by atoms with E-state index in [4.69, 9.17) is 4.74 Å². The largest absolute Gasteiger partial charge is 0.497 e. The molecule has 4 rings (SSSR count). The van der Waals surface area contributed by atoms with Gasteiger partial charge in [-0.25, -0.2) is 0 Å². The third kappa shape index (κ3) is 5.90. The number of rotatable bonds is 7. The van der Waals surface area contributed by atoms with Crippen molar-refractivity contribution in [2.45, 2.75) is 6.04 Å². The molecule has 176 valence electrons. The Morgan fingerprint density at radius 2 is 1.68 bits per heavy atom. The first-order valence-electron chi connectivity index (χ1n) is 11.3. The van der Waals surface area contributed by atoms with E-state index in [2.05, 4.69) is 37.6 Å². The molecule has 2 aromatic carbocycles. The number of aromatic nitrogens is 1. The first-order valence-corrected chi connectivity index (χ1v) is 11.3. The second-order valence-corrected chi connectivity index (χ2v) is 8.05. The van der Waals surface area contributed by atoms with Crippen LogP contribution in [-0.4, -0.2) is 61.5 Å². The molecule has 2 amide bonds. The molecule has 34 heavy (non-hydrogen) atoms. The second-order valence-electron chi connectivity index (χ2n) is 8.05. The average molecular weight is 460 g/mol. The number of ether oxygens (including phenoxy) is 1. The highest BCUT2D eigenvalue weighted by molar-refractivity contribution is 6.39. The molecule has 1 unspecified atom stereocenters. The molecule has 1 aromatic heterocycles. The summed E-state index contributed by atoms with van der Waals surface area (Å²) in [6.07, 6.45) is 3.55. The highest BCUT2D eigenvalue weighted by atomic mass is 16.5. The van der Waals surface area contributed by atoms with Crippen LogP contribution < -0.4 is 20.3 Å². The lowest BCUT2D eigenvalue weighted by Crippen LogP contribution is -2.50. The van der Waals surface area contributed by atoms with Crippen molar-refractivity contribution in [1.29, 1.82) is 0 Å². The number of nitrogens with one attached hydrogen (secondary N) is 2. The number of amides is 2. The molecule has 0 aliphatic carbocycles. The zero-order chi connectivity index (χ0) is 23.8. The van der Waals surface area contributed by atoms with Gasteiger partial charge in [0.05, 0.1) is 13.2 Å². The molecule has 0 saturated carbocycles. The number of hydrogen-bond acceptors (Lipinski definition) is 6. The van der Waals surface area contributed by atoms with Crippen molar-refractivity contribution in [2.24, 2.45) is 0 Å². The minimum absolute atomic E-state index is 0.0793. The monoisotopic (exact) mass is 459 g/mol. The van der Waals surface area contributed by atoms with Crippen LogP contribution in [0.2, 0.25) is 0 Å². The summed E-state index contributed by atoms with van der Waals surface area (Å²) in [5.41, 5.74) is 2.75. The maximum atomic E-state index is 12.5. The van der Waals surface area contributed by atoms with Crippen LogP contribution in [0.1, 0.15) is 11.6 Å². The van der Waals surface area contributed by atoms with Gasteiger partial charge in [0, 0.05) is 56.5 Å². The number of piperazine rings is 1. The highest BCUT2D eigenvalue weighted by Gasteiger charge is 2.26. The van der Waals surface area contributed by atoms with Crippen molar-refractivity contribution in [3.05, 3.63) is 84.7 Å². The standard InChI is InChI=1S/C26H29N5O3/c1-34-23-11-9-21(10-12-23)29-26(33)25(32)28-19-24(20-6-5-13-27-18-20)31-16-14-30(15-17-31)22-7-3-2-4-8-22/h2-13,18,24H,14-17,19H2,1H3,(H,28,32)(H,29,33). The highest BCUT2D eigenvalue weighted by Crippen LogP contribution is 2.23. The van der Waals surface area contributed by atoms with Crippen LogP contribution in [0, 0.1) is 0 Å². The molecule has 2 N–H and O–H groups in total. The van der Waals surface area contributed by atoms with Gasteiger partial charge in [-0.15, -0.1) is 0 Å². The normalized spacial score (nSPS) is 14.8. The van der Waals surface area contributed by atoms with E-state index in [-0.39, 0.29) is 6.04 Å². The molecular weight excluding hydrogens is 430 g/mol. The molecule has 1 fully saturated rings. The lowest BCUT2D eigenvalue weighted by Gasteiger charge is -2.40. The number of anilines is 2. The first kappa shape index (κ1) is 23.3. The van der Waals surface area contributed by atoms with E-state index in [1.165, 1.54) is 5.69 Å². The molecular formula is C26H29N5O3. The fourth-order valence-electron chi connectivity index (χ4n) is 4.09. The SMILES string of the molecule is COc1ccc(NC(=O)C(=O)NCC(c2cccnc2)N2CCN(c3ccccc3)CC2)cc1. The molecule has 1 aliphatic heterocycles. The number of pyridine rings is 1. The van der Waals surface area contributed by atoms with Gasteiger partial charge in [-0.05, 0) is 48.0 Å². The van der Waals surface area contributed by atoms with Crippen LogP contribution in [0.25, 0.3) is 0 Å². The average Bonchev–Trinajstić information content (AvgIpc) is 2.90.